The molecule has 1 aliphatic rings. The van der Waals surface area contributed by atoms with Gasteiger partial charge in [0.15, 0.2) is 5.69 Å². The van der Waals surface area contributed by atoms with Gasteiger partial charge in [0.25, 0.3) is 5.91 Å². The highest BCUT2D eigenvalue weighted by Crippen LogP contribution is 2.17. The summed E-state index contributed by atoms with van der Waals surface area (Å²) in [5.74, 6) is -0.287. The maximum absolute atomic E-state index is 13.6. The fourth-order valence-electron chi connectivity index (χ4n) is 2.91. The second kappa shape index (κ2) is 7.32. The van der Waals surface area contributed by atoms with E-state index in [-0.39, 0.29) is 11.7 Å². The van der Waals surface area contributed by atoms with Crippen molar-refractivity contribution in [3.05, 3.63) is 52.6 Å². The molecule has 7 heteroatoms. The number of hydrogen-bond acceptors (Lipinski definition) is 3. The molecule has 2 aromatic rings. The number of aryl methyl sites for hydroxylation is 1. The molecule has 2 heterocycles. The Morgan fingerprint density at radius 3 is 2.58 bits per heavy atom. The Hall–Kier alpha value is -1.92. The van der Waals surface area contributed by atoms with E-state index in [0.29, 0.717) is 30.2 Å². The summed E-state index contributed by atoms with van der Waals surface area (Å²) in [6.07, 6.45) is 2.30. The standard InChI is InChI=1S/C17H20ClFN4O/c1-21-12-14(18)16(20-21)17(24)23-10-8-22(9-11-23)7-6-13-4-2-3-5-15(13)19/h2-5,12H,6-11H2,1H3. The van der Waals surface area contributed by atoms with Crippen molar-refractivity contribution in [3.63, 3.8) is 0 Å². The van der Waals surface area contributed by atoms with Crippen molar-refractivity contribution in [1.29, 1.82) is 0 Å². The summed E-state index contributed by atoms with van der Waals surface area (Å²) in [6, 6.07) is 6.86. The van der Waals surface area contributed by atoms with Crippen molar-refractivity contribution in [2.75, 3.05) is 32.7 Å². The molecule has 0 N–H and O–H groups in total. The summed E-state index contributed by atoms with van der Waals surface area (Å²) in [6.45, 7) is 3.58. The molecule has 24 heavy (non-hydrogen) atoms. The first-order valence-corrected chi connectivity index (χ1v) is 8.36. The molecule has 0 bridgehead atoms. The first-order valence-electron chi connectivity index (χ1n) is 7.99. The number of benzene rings is 1. The molecule has 0 atom stereocenters. The van der Waals surface area contributed by atoms with Gasteiger partial charge in [0.05, 0.1) is 5.02 Å². The van der Waals surface area contributed by atoms with Gasteiger partial charge in [-0.25, -0.2) is 4.39 Å². The van der Waals surface area contributed by atoms with Gasteiger partial charge >= 0.3 is 0 Å². The van der Waals surface area contributed by atoms with Gasteiger partial charge in [-0.1, -0.05) is 29.8 Å². The van der Waals surface area contributed by atoms with Gasteiger partial charge in [0.1, 0.15) is 5.82 Å². The van der Waals surface area contributed by atoms with E-state index in [4.69, 9.17) is 11.6 Å². The summed E-state index contributed by atoms with van der Waals surface area (Å²) >= 11 is 6.04. The first-order chi connectivity index (χ1) is 11.5. The van der Waals surface area contributed by atoms with Crippen LogP contribution >= 0.6 is 11.6 Å². The van der Waals surface area contributed by atoms with Gasteiger partial charge in [-0.2, -0.15) is 5.10 Å². The third kappa shape index (κ3) is 3.76. The highest BCUT2D eigenvalue weighted by molar-refractivity contribution is 6.33. The second-order valence-electron chi connectivity index (χ2n) is 5.97. The SMILES string of the molecule is Cn1cc(Cl)c(C(=O)N2CCN(CCc3ccccc3F)CC2)n1. The number of halogens is 2. The molecule has 0 radical (unpaired) electrons. The van der Waals surface area contributed by atoms with Crippen LogP contribution in [0.3, 0.4) is 0 Å². The molecule has 0 spiro atoms. The Morgan fingerprint density at radius 1 is 1.25 bits per heavy atom. The Bertz CT molecular complexity index is 725. The monoisotopic (exact) mass is 350 g/mol. The number of piperazine rings is 1. The van der Waals surface area contributed by atoms with E-state index < -0.39 is 0 Å². The Balaban J connectivity index is 1.51. The quantitative estimate of drug-likeness (QED) is 0.849. The summed E-state index contributed by atoms with van der Waals surface area (Å²) < 4.78 is 15.2. The molecule has 0 aliphatic carbocycles. The summed E-state index contributed by atoms with van der Waals surface area (Å²) in [4.78, 5) is 16.5. The van der Waals surface area contributed by atoms with Crippen LogP contribution in [0.4, 0.5) is 4.39 Å². The molecule has 128 valence electrons. The van der Waals surface area contributed by atoms with Crippen molar-refractivity contribution < 1.29 is 9.18 Å². The molecule has 3 rings (SSSR count). The minimum Gasteiger partial charge on any atom is -0.335 e. The van der Waals surface area contributed by atoms with E-state index >= 15 is 0 Å². The first kappa shape index (κ1) is 16.9. The third-order valence-electron chi connectivity index (χ3n) is 4.30. The van der Waals surface area contributed by atoms with Crippen LogP contribution in [0.5, 0.6) is 0 Å². The predicted molar refractivity (Wildman–Crippen MR) is 90.7 cm³/mol. The van der Waals surface area contributed by atoms with Crippen molar-refractivity contribution in [3.8, 4) is 0 Å². The lowest BCUT2D eigenvalue weighted by Crippen LogP contribution is -2.49. The summed E-state index contributed by atoms with van der Waals surface area (Å²) in [5, 5.41) is 4.51. The average molecular weight is 351 g/mol. The maximum Gasteiger partial charge on any atom is 0.276 e. The number of rotatable bonds is 4. The van der Waals surface area contributed by atoms with Gasteiger partial charge in [-0.15, -0.1) is 0 Å². The lowest BCUT2D eigenvalue weighted by Gasteiger charge is -2.34. The number of amides is 1. The zero-order chi connectivity index (χ0) is 17.1. The zero-order valence-electron chi connectivity index (χ0n) is 13.6. The van der Waals surface area contributed by atoms with Gasteiger partial charge in [-0.3, -0.25) is 14.4 Å². The molecular formula is C17H20ClFN4O. The van der Waals surface area contributed by atoms with E-state index in [9.17, 15) is 9.18 Å². The normalized spacial score (nSPS) is 15.7. The van der Waals surface area contributed by atoms with E-state index in [1.807, 2.05) is 12.1 Å². The van der Waals surface area contributed by atoms with Crippen LogP contribution < -0.4 is 0 Å². The van der Waals surface area contributed by atoms with Crippen LogP contribution in [-0.4, -0.2) is 58.2 Å². The Labute approximate surface area is 145 Å². The number of carbonyl (C=O) groups is 1. The van der Waals surface area contributed by atoms with Crippen LogP contribution in [0, 0.1) is 5.82 Å². The molecule has 1 saturated heterocycles. The Kier molecular flexibility index (Phi) is 5.16. The largest absolute Gasteiger partial charge is 0.335 e. The second-order valence-corrected chi connectivity index (χ2v) is 6.38. The number of hydrogen-bond donors (Lipinski definition) is 0. The number of aromatic nitrogens is 2. The average Bonchev–Trinajstić information content (AvgIpc) is 2.92. The van der Waals surface area contributed by atoms with Crippen LogP contribution in [0.15, 0.2) is 30.5 Å². The molecule has 1 aromatic heterocycles. The zero-order valence-corrected chi connectivity index (χ0v) is 14.3. The van der Waals surface area contributed by atoms with Crippen molar-refractivity contribution in [1.82, 2.24) is 19.6 Å². The highest BCUT2D eigenvalue weighted by atomic mass is 35.5. The molecular weight excluding hydrogens is 331 g/mol. The van der Waals surface area contributed by atoms with Gasteiger partial charge < -0.3 is 4.90 Å². The van der Waals surface area contributed by atoms with E-state index in [2.05, 4.69) is 10.00 Å². The predicted octanol–water partition coefficient (Wildman–Crippen LogP) is 2.21. The Morgan fingerprint density at radius 2 is 1.96 bits per heavy atom. The molecule has 1 fully saturated rings. The maximum atomic E-state index is 13.6. The number of nitrogens with zero attached hydrogens (tertiary/aromatic N) is 4. The van der Waals surface area contributed by atoms with Gasteiger partial charge in [0, 0.05) is 46.0 Å². The molecule has 1 aliphatic heterocycles. The van der Waals surface area contributed by atoms with Crippen molar-refractivity contribution in [2.45, 2.75) is 6.42 Å². The van der Waals surface area contributed by atoms with Gasteiger partial charge in [-0.05, 0) is 18.1 Å². The molecule has 1 aromatic carbocycles. The molecule has 0 saturated carbocycles. The highest BCUT2D eigenvalue weighted by Gasteiger charge is 2.25. The fourth-order valence-corrected chi connectivity index (χ4v) is 3.17. The van der Waals surface area contributed by atoms with Crippen molar-refractivity contribution in [2.24, 2.45) is 7.05 Å². The summed E-state index contributed by atoms with van der Waals surface area (Å²) in [5.41, 5.74) is 1.04. The fraction of sp³-hybridized carbons (Fsp3) is 0.412. The lowest BCUT2D eigenvalue weighted by atomic mass is 10.1. The van der Waals surface area contributed by atoms with Crippen LogP contribution in [-0.2, 0) is 13.5 Å². The molecule has 0 unspecified atom stereocenters. The van der Waals surface area contributed by atoms with Crippen LogP contribution in [0.1, 0.15) is 16.1 Å². The lowest BCUT2D eigenvalue weighted by molar-refractivity contribution is 0.0632. The topological polar surface area (TPSA) is 41.4 Å². The smallest absolute Gasteiger partial charge is 0.276 e. The molecule has 5 nitrogen and oxygen atoms in total. The minimum absolute atomic E-state index is 0.130. The van der Waals surface area contributed by atoms with E-state index in [1.165, 1.54) is 6.07 Å². The van der Waals surface area contributed by atoms with Crippen LogP contribution in [0.2, 0.25) is 5.02 Å². The third-order valence-corrected chi connectivity index (χ3v) is 4.58. The van der Waals surface area contributed by atoms with Gasteiger partial charge in [0.2, 0.25) is 0 Å². The van der Waals surface area contributed by atoms with Crippen LogP contribution in [0.25, 0.3) is 0 Å². The number of carbonyl (C=O) groups excluding carboxylic acids is 1. The minimum atomic E-state index is -0.156. The summed E-state index contributed by atoms with van der Waals surface area (Å²) in [7, 11) is 1.74. The molecule has 1 amide bonds. The van der Waals surface area contributed by atoms with Crippen molar-refractivity contribution >= 4 is 17.5 Å². The van der Waals surface area contributed by atoms with E-state index in [0.717, 1.165) is 25.2 Å². The van der Waals surface area contributed by atoms with E-state index in [1.54, 1.807) is 28.9 Å².